The Kier molecular flexibility index (Phi) is 7.87. The Hall–Kier alpha value is -4.91. The number of hydrazone groups is 1. The molecule has 1 unspecified atom stereocenters. The van der Waals surface area contributed by atoms with Crippen LogP contribution >= 0.6 is 0 Å². The second-order valence-electron chi connectivity index (χ2n) is 8.34. The molecule has 4 N–H and O–H groups in total. The fourth-order valence-electron chi connectivity index (χ4n) is 3.59. The van der Waals surface area contributed by atoms with Crippen LogP contribution in [0.3, 0.4) is 0 Å². The highest BCUT2D eigenvalue weighted by molar-refractivity contribution is 6.00. The van der Waals surface area contributed by atoms with Gasteiger partial charge < -0.3 is 15.4 Å². The quantitative estimate of drug-likeness (QED) is 0.320. The SMILES string of the molecule is COC(=O)C(NC(=O)c1cc(C(=O)NCc2ccc(F)c(C)c2)ncn1)c1ccc(C2=NNN(C)N2)cc1. The van der Waals surface area contributed by atoms with Gasteiger partial charge in [-0.3, -0.25) is 15.0 Å². The molecule has 0 saturated heterocycles. The Morgan fingerprint density at radius 1 is 1.05 bits per heavy atom. The van der Waals surface area contributed by atoms with Crippen LogP contribution in [0.2, 0.25) is 0 Å². The van der Waals surface area contributed by atoms with Crippen LogP contribution < -0.4 is 21.6 Å². The monoisotopic (exact) mass is 520 g/mol. The minimum atomic E-state index is -1.13. The van der Waals surface area contributed by atoms with E-state index in [9.17, 15) is 18.8 Å². The lowest BCUT2D eigenvalue weighted by Gasteiger charge is -2.17. The van der Waals surface area contributed by atoms with E-state index in [0.29, 0.717) is 22.5 Å². The van der Waals surface area contributed by atoms with Crippen molar-refractivity contribution >= 4 is 23.6 Å². The van der Waals surface area contributed by atoms with Crippen molar-refractivity contribution < 1.29 is 23.5 Å². The highest BCUT2D eigenvalue weighted by Gasteiger charge is 2.26. The number of carbonyl (C=O) groups excluding carboxylic acids is 3. The van der Waals surface area contributed by atoms with E-state index in [4.69, 9.17) is 4.74 Å². The van der Waals surface area contributed by atoms with E-state index in [1.54, 1.807) is 55.5 Å². The van der Waals surface area contributed by atoms with Crippen LogP contribution in [0, 0.1) is 12.7 Å². The van der Waals surface area contributed by atoms with Crippen molar-refractivity contribution in [2.75, 3.05) is 14.2 Å². The number of hydrogen-bond donors (Lipinski definition) is 4. The number of amides is 2. The van der Waals surface area contributed by atoms with Crippen LogP contribution in [0.5, 0.6) is 0 Å². The number of aryl methyl sites for hydroxylation is 1. The number of carbonyl (C=O) groups is 3. The topological polar surface area (TPSA) is 150 Å². The standard InChI is InChI=1S/C25H25FN8O4/c1-14-10-15(4-9-18(14)26)12-27-23(35)19-11-20(29-13-28-19)24(36)30-21(25(37)38-3)16-5-7-17(8-6-16)22-31-33-34(2)32-22/h4-11,13,21,33H,12H2,1-3H3,(H,27,35)(H,30,36)(H,31,32). The Labute approximate surface area is 217 Å². The number of nitrogens with zero attached hydrogens (tertiary/aromatic N) is 4. The number of aromatic nitrogens is 2. The summed E-state index contributed by atoms with van der Waals surface area (Å²) in [5.41, 5.74) is 7.94. The van der Waals surface area contributed by atoms with Crippen molar-refractivity contribution in [2.24, 2.45) is 5.10 Å². The van der Waals surface area contributed by atoms with E-state index < -0.39 is 23.8 Å². The zero-order valence-corrected chi connectivity index (χ0v) is 20.8. The molecule has 3 aromatic rings. The summed E-state index contributed by atoms with van der Waals surface area (Å²) in [6, 6.07) is 11.4. The van der Waals surface area contributed by atoms with Crippen molar-refractivity contribution in [3.8, 4) is 0 Å². The number of esters is 1. The first-order chi connectivity index (χ1) is 18.2. The summed E-state index contributed by atoms with van der Waals surface area (Å²) in [6.45, 7) is 1.77. The average Bonchev–Trinajstić information content (AvgIpc) is 3.38. The molecule has 0 bridgehead atoms. The molecule has 4 rings (SSSR count). The minimum absolute atomic E-state index is 0.0497. The molecule has 38 heavy (non-hydrogen) atoms. The minimum Gasteiger partial charge on any atom is -0.467 e. The normalized spacial score (nSPS) is 13.5. The lowest BCUT2D eigenvalue weighted by molar-refractivity contribution is -0.143. The second-order valence-corrected chi connectivity index (χ2v) is 8.34. The van der Waals surface area contributed by atoms with E-state index in [1.165, 1.54) is 19.2 Å². The Balaban J connectivity index is 1.45. The molecule has 1 aliphatic heterocycles. The molecule has 0 aliphatic carbocycles. The maximum absolute atomic E-state index is 13.5. The zero-order valence-electron chi connectivity index (χ0n) is 20.8. The number of benzene rings is 2. The number of amidine groups is 1. The number of ether oxygens (including phenoxy) is 1. The largest absolute Gasteiger partial charge is 0.467 e. The van der Waals surface area contributed by atoms with Gasteiger partial charge in [0.1, 0.15) is 23.5 Å². The number of hydrogen-bond acceptors (Lipinski definition) is 10. The maximum atomic E-state index is 13.5. The highest BCUT2D eigenvalue weighted by Crippen LogP contribution is 2.17. The average molecular weight is 521 g/mol. The molecular weight excluding hydrogens is 495 g/mol. The molecular formula is C25H25FN8O4. The number of methoxy groups -OCH3 is 1. The van der Waals surface area contributed by atoms with Gasteiger partial charge in [-0.15, -0.1) is 10.2 Å². The van der Waals surface area contributed by atoms with Crippen LogP contribution in [0.1, 0.15) is 49.3 Å². The van der Waals surface area contributed by atoms with Crippen molar-refractivity contribution in [1.82, 2.24) is 36.7 Å². The zero-order chi connectivity index (χ0) is 27.2. The summed E-state index contributed by atoms with van der Waals surface area (Å²) >= 11 is 0. The van der Waals surface area contributed by atoms with Gasteiger partial charge in [0.15, 0.2) is 11.9 Å². The van der Waals surface area contributed by atoms with Gasteiger partial charge in [0.2, 0.25) is 0 Å². The molecule has 2 amide bonds. The van der Waals surface area contributed by atoms with Gasteiger partial charge >= 0.3 is 5.97 Å². The van der Waals surface area contributed by atoms with Gasteiger partial charge in [0.25, 0.3) is 11.8 Å². The van der Waals surface area contributed by atoms with Crippen LogP contribution in [-0.4, -0.2) is 52.9 Å². The lowest BCUT2D eigenvalue weighted by atomic mass is 10.0. The third kappa shape index (κ3) is 6.07. The molecule has 2 heterocycles. The van der Waals surface area contributed by atoms with Crippen LogP contribution in [0.4, 0.5) is 4.39 Å². The first-order valence-electron chi connectivity index (χ1n) is 11.4. The third-order valence-corrected chi connectivity index (χ3v) is 5.62. The third-order valence-electron chi connectivity index (χ3n) is 5.62. The lowest BCUT2D eigenvalue weighted by Crippen LogP contribution is -2.37. The maximum Gasteiger partial charge on any atom is 0.333 e. The van der Waals surface area contributed by atoms with Crippen molar-refractivity contribution in [1.29, 1.82) is 0 Å². The second kappa shape index (κ2) is 11.4. The summed E-state index contributed by atoms with van der Waals surface area (Å²) in [4.78, 5) is 45.9. The molecule has 2 aromatic carbocycles. The van der Waals surface area contributed by atoms with Crippen LogP contribution in [0.25, 0.3) is 0 Å². The summed E-state index contributed by atoms with van der Waals surface area (Å²) in [5.74, 6) is -1.70. The van der Waals surface area contributed by atoms with Crippen LogP contribution in [0.15, 0.2) is 60.0 Å². The Morgan fingerprint density at radius 2 is 1.76 bits per heavy atom. The number of hydrazine groups is 2. The van der Waals surface area contributed by atoms with Crippen molar-refractivity contribution in [3.05, 3.63) is 94.3 Å². The molecule has 12 nitrogen and oxygen atoms in total. The van der Waals surface area contributed by atoms with Gasteiger partial charge in [-0.2, -0.15) is 0 Å². The number of nitrogens with one attached hydrogen (secondary N) is 4. The Morgan fingerprint density at radius 3 is 2.39 bits per heavy atom. The van der Waals surface area contributed by atoms with Gasteiger partial charge in [0.05, 0.1) is 7.11 Å². The smallest absolute Gasteiger partial charge is 0.333 e. The Bertz CT molecular complexity index is 1400. The van der Waals surface area contributed by atoms with Crippen molar-refractivity contribution in [3.63, 3.8) is 0 Å². The number of halogens is 1. The van der Waals surface area contributed by atoms with E-state index in [1.807, 2.05) is 0 Å². The molecule has 0 radical (unpaired) electrons. The van der Waals surface area contributed by atoms with E-state index >= 15 is 0 Å². The van der Waals surface area contributed by atoms with Gasteiger partial charge in [0, 0.05) is 25.2 Å². The number of rotatable bonds is 8. The summed E-state index contributed by atoms with van der Waals surface area (Å²) in [6.07, 6.45) is 1.08. The van der Waals surface area contributed by atoms with E-state index in [2.05, 4.69) is 36.7 Å². The molecule has 0 spiro atoms. The summed E-state index contributed by atoms with van der Waals surface area (Å²) in [5, 5.41) is 11.0. The summed E-state index contributed by atoms with van der Waals surface area (Å²) < 4.78 is 18.3. The molecule has 13 heteroatoms. The molecule has 0 fully saturated rings. The van der Waals surface area contributed by atoms with Crippen molar-refractivity contribution in [2.45, 2.75) is 19.5 Å². The van der Waals surface area contributed by atoms with Crippen LogP contribution in [-0.2, 0) is 16.1 Å². The van der Waals surface area contributed by atoms with Gasteiger partial charge in [-0.1, -0.05) is 36.4 Å². The molecule has 1 aromatic heterocycles. The molecule has 0 saturated carbocycles. The van der Waals surface area contributed by atoms with Gasteiger partial charge in [-0.25, -0.2) is 24.7 Å². The molecule has 1 aliphatic rings. The first-order valence-corrected chi connectivity index (χ1v) is 11.4. The first kappa shape index (κ1) is 26.2. The predicted molar refractivity (Wildman–Crippen MR) is 134 cm³/mol. The molecule has 196 valence electrons. The summed E-state index contributed by atoms with van der Waals surface area (Å²) in [7, 11) is 2.96. The fraction of sp³-hybridized carbons (Fsp3) is 0.200. The van der Waals surface area contributed by atoms with E-state index in [-0.39, 0.29) is 23.7 Å². The molecule has 1 atom stereocenters. The van der Waals surface area contributed by atoms with Gasteiger partial charge in [-0.05, 0) is 29.7 Å². The highest BCUT2D eigenvalue weighted by atomic mass is 19.1. The fourth-order valence-corrected chi connectivity index (χ4v) is 3.59. The predicted octanol–water partition coefficient (Wildman–Crippen LogP) is 1.11. The van der Waals surface area contributed by atoms with E-state index in [0.717, 1.165) is 11.9 Å².